The summed E-state index contributed by atoms with van der Waals surface area (Å²) in [5.74, 6) is 1.16. The second-order valence-corrected chi connectivity index (χ2v) is 5.94. The zero-order valence-electron chi connectivity index (χ0n) is 14.3. The molecule has 0 radical (unpaired) electrons. The lowest BCUT2D eigenvalue weighted by Crippen LogP contribution is -2.35. The molecule has 6 heteroatoms. The molecule has 0 heterocycles. The number of amides is 1. The molecule has 1 N–H and O–H groups in total. The predicted octanol–water partition coefficient (Wildman–Crippen LogP) is 3.25. The Bertz CT molecular complexity index is 536. The third kappa shape index (κ3) is 6.18. The molecule has 0 saturated heterocycles. The number of rotatable bonds is 7. The summed E-state index contributed by atoms with van der Waals surface area (Å²) in [7, 11) is 1.55. The second kappa shape index (κ2) is 8.41. The molecule has 1 rings (SSSR count). The average Bonchev–Trinajstić information content (AvgIpc) is 2.45. The number of nitrogens with one attached hydrogen (secondary N) is 1. The van der Waals surface area contributed by atoms with Crippen LogP contribution in [0.4, 0.5) is 4.79 Å². The Morgan fingerprint density at radius 2 is 2.00 bits per heavy atom. The summed E-state index contributed by atoms with van der Waals surface area (Å²) in [6.07, 6.45) is 0.321. The van der Waals surface area contributed by atoms with E-state index in [1.165, 1.54) is 0 Å². The Morgan fingerprint density at radius 1 is 1.30 bits per heavy atom. The summed E-state index contributed by atoms with van der Waals surface area (Å²) in [4.78, 5) is 22.9. The van der Waals surface area contributed by atoms with Gasteiger partial charge >= 0.3 is 6.09 Å². The highest BCUT2D eigenvalue weighted by Crippen LogP contribution is 2.31. The molecule has 0 aliphatic carbocycles. The molecule has 1 atom stereocenters. The molecule has 6 nitrogen and oxygen atoms in total. The third-order valence-corrected chi connectivity index (χ3v) is 2.91. The molecule has 128 valence electrons. The first-order valence-corrected chi connectivity index (χ1v) is 7.54. The number of hydrogen-bond donors (Lipinski definition) is 1. The monoisotopic (exact) mass is 323 g/mol. The van der Waals surface area contributed by atoms with Gasteiger partial charge in [-0.25, -0.2) is 4.79 Å². The van der Waals surface area contributed by atoms with E-state index in [4.69, 9.17) is 14.2 Å². The molecule has 0 spiro atoms. The number of carbonyl (C=O) groups excluding carboxylic acids is 2. The van der Waals surface area contributed by atoms with Crippen LogP contribution in [0, 0.1) is 0 Å². The Labute approximate surface area is 137 Å². The van der Waals surface area contributed by atoms with Gasteiger partial charge in [0.2, 0.25) is 0 Å². The minimum absolute atomic E-state index is 0.136. The molecule has 1 amide bonds. The van der Waals surface area contributed by atoms with Crippen molar-refractivity contribution in [3.05, 3.63) is 23.8 Å². The van der Waals surface area contributed by atoms with Crippen LogP contribution in [0.3, 0.4) is 0 Å². The Hall–Kier alpha value is -2.24. The molecule has 0 aliphatic heterocycles. The molecule has 1 aromatic carbocycles. The topological polar surface area (TPSA) is 73.9 Å². The number of hydrogen-bond acceptors (Lipinski definition) is 5. The highest BCUT2D eigenvalue weighted by atomic mass is 16.6. The summed E-state index contributed by atoms with van der Waals surface area (Å²) >= 11 is 0. The fourth-order valence-electron chi connectivity index (χ4n) is 2.00. The lowest BCUT2D eigenvalue weighted by atomic mass is 10.0. The van der Waals surface area contributed by atoms with Crippen LogP contribution >= 0.6 is 0 Å². The number of methoxy groups -OCH3 is 1. The highest BCUT2D eigenvalue weighted by molar-refractivity contribution is 5.69. The van der Waals surface area contributed by atoms with E-state index in [0.717, 1.165) is 11.8 Å². The SMILES string of the molecule is CCOc1cc([C@@H](CC=O)NC(=O)OC(C)(C)C)ccc1OC. The third-order valence-electron chi connectivity index (χ3n) is 2.91. The van der Waals surface area contributed by atoms with E-state index in [1.807, 2.05) is 6.92 Å². The second-order valence-electron chi connectivity index (χ2n) is 5.94. The van der Waals surface area contributed by atoms with E-state index in [9.17, 15) is 9.59 Å². The van der Waals surface area contributed by atoms with Crippen molar-refractivity contribution in [2.75, 3.05) is 13.7 Å². The fourth-order valence-corrected chi connectivity index (χ4v) is 2.00. The molecule has 0 saturated carbocycles. The molecule has 0 aliphatic rings. The molecular formula is C17H25NO5. The van der Waals surface area contributed by atoms with Crippen molar-refractivity contribution in [3.8, 4) is 11.5 Å². The van der Waals surface area contributed by atoms with Crippen molar-refractivity contribution >= 4 is 12.4 Å². The molecule has 0 fully saturated rings. The van der Waals surface area contributed by atoms with Gasteiger partial charge in [0.1, 0.15) is 11.9 Å². The van der Waals surface area contributed by atoms with Gasteiger partial charge in [-0.3, -0.25) is 0 Å². The van der Waals surface area contributed by atoms with E-state index >= 15 is 0 Å². The summed E-state index contributed by atoms with van der Waals surface area (Å²) < 4.78 is 16.0. The van der Waals surface area contributed by atoms with Crippen molar-refractivity contribution in [3.63, 3.8) is 0 Å². The van der Waals surface area contributed by atoms with Crippen molar-refractivity contribution in [1.82, 2.24) is 5.32 Å². The van der Waals surface area contributed by atoms with E-state index in [-0.39, 0.29) is 6.42 Å². The van der Waals surface area contributed by atoms with Gasteiger partial charge in [-0.15, -0.1) is 0 Å². The van der Waals surface area contributed by atoms with Crippen LogP contribution in [0.5, 0.6) is 11.5 Å². The van der Waals surface area contributed by atoms with Crippen LogP contribution in [0.15, 0.2) is 18.2 Å². The van der Waals surface area contributed by atoms with Crippen LogP contribution in [-0.4, -0.2) is 31.7 Å². The van der Waals surface area contributed by atoms with E-state index < -0.39 is 17.7 Å². The lowest BCUT2D eigenvalue weighted by molar-refractivity contribution is -0.108. The van der Waals surface area contributed by atoms with Crippen molar-refractivity contribution in [2.45, 2.75) is 45.8 Å². The van der Waals surface area contributed by atoms with Crippen molar-refractivity contribution < 1.29 is 23.8 Å². The van der Waals surface area contributed by atoms with Crippen LogP contribution in [-0.2, 0) is 9.53 Å². The first kappa shape index (κ1) is 18.8. The maximum Gasteiger partial charge on any atom is 0.408 e. The quantitative estimate of drug-likeness (QED) is 0.780. The van der Waals surface area contributed by atoms with Crippen LogP contribution in [0.1, 0.15) is 45.7 Å². The first-order valence-electron chi connectivity index (χ1n) is 7.54. The van der Waals surface area contributed by atoms with Gasteiger partial charge in [0.15, 0.2) is 11.5 Å². The number of carbonyl (C=O) groups is 2. The zero-order chi connectivity index (χ0) is 17.5. The summed E-state index contributed by atoms with van der Waals surface area (Å²) in [5.41, 5.74) is 0.138. The van der Waals surface area contributed by atoms with Crippen LogP contribution in [0.2, 0.25) is 0 Å². The van der Waals surface area contributed by atoms with Crippen molar-refractivity contribution in [2.24, 2.45) is 0 Å². The standard InChI is InChI=1S/C17H25NO5/c1-6-22-15-11-12(7-8-14(15)21-5)13(9-10-19)18-16(20)23-17(2,3)4/h7-8,10-11,13H,6,9H2,1-5H3,(H,18,20)/t13-/m1/s1. The Balaban J connectivity index is 2.98. The largest absolute Gasteiger partial charge is 0.493 e. The average molecular weight is 323 g/mol. The van der Waals surface area contributed by atoms with Gasteiger partial charge in [0.25, 0.3) is 0 Å². The molecule has 0 aromatic heterocycles. The molecule has 23 heavy (non-hydrogen) atoms. The normalized spacial score (nSPS) is 12.2. The highest BCUT2D eigenvalue weighted by Gasteiger charge is 2.21. The molecule has 0 unspecified atom stereocenters. The van der Waals surface area contributed by atoms with E-state index in [1.54, 1.807) is 46.1 Å². The predicted molar refractivity (Wildman–Crippen MR) is 87.0 cm³/mol. The summed E-state index contributed by atoms with van der Waals surface area (Å²) in [5, 5.41) is 2.71. The molecule has 0 bridgehead atoms. The maximum absolute atomic E-state index is 11.9. The summed E-state index contributed by atoms with van der Waals surface area (Å²) in [6.45, 7) is 7.69. The first-order chi connectivity index (χ1) is 10.8. The summed E-state index contributed by atoms with van der Waals surface area (Å²) in [6, 6.07) is 4.79. The minimum Gasteiger partial charge on any atom is -0.493 e. The number of alkyl carbamates (subject to hydrolysis) is 1. The maximum atomic E-state index is 11.9. The van der Waals surface area contributed by atoms with Gasteiger partial charge in [-0.2, -0.15) is 0 Å². The van der Waals surface area contributed by atoms with Crippen LogP contribution < -0.4 is 14.8 Å². The van der Waals surface area contributed by atoms with Gasteiger partial charge in [-0.1, -0.05) is 6.07 Å². The smallest absolute Gasteiger partial charge is 0.408 e. The molecular weight excluding hydrogens is 298 g/mol. The number of aldehydes is 1. The van der Waals surface area contributed by atoms with E-state index in [2.05, 4.69) is 5.32 Å². The van der Waals surface area contributed by atoms with Gasteiger partial charge in [0, 0.05) is 6.42 Å². The Morgan fingerprint density at radius 3 is 2.52 bits per heavy atom. The fraction of sp³-hybridized carbons (Fsp3) is 0.529. The number of benzene rings is 1. The van der Waals surface area contributed by atoms with E-state index in [0.29, 0.717) is 18.1 Å². The zero-order valence-corrected chi connectivity index (χ0v) is 14.3. The molecule has 1 aromatic rings. The minimum atomic E-state index is -0.605. The van der Waals surface area contributed by atoms with Gasteiger partial charge < -0.3 is 24.3 Å². The van der Waals surface area contributed by atoms with Crippen LogP contribution in [0.25, 0.3) is 0 Å². The number of ether oxygens (including phenoxy) is 3. The van der Waals surface area contributed by atoms with Gasteiger partial charge in [-0.05, 0) is 45.4 Å². The Kier molecular flexibility index (Phi) is 6.88. The lowest BCUT2D eigenvalue weighted by Gasteiger charge is -2.23. The van der Waals surface area contributed by atoms with Gasteiger partial charge in [0.05, 0.1) is 19.8 Å². The van der Waals surface area contributed by atoms with Crippen molar-refractivity contribution in [1.29, 1.82) is 0 Å².